The molecule has 1 amide bonds. The number of hydrogen-bond acceptors (Lipinski definition) is 3. The lowest BCUT2D eigenvalue weighted by Gasteiger charge is -2.08. The number of aryl methyl sites for hydroxylation is 2. The van der Waals surface area contributed by atoms with Crippen molar-refractivity contribution in [2.24, 2.45) is 0 Å². The Hall–Kier alpha value is -2.95. The number of benzene rings is 2. The van der Waals surface area contributed by atoms with Gasteiger partial charge < -0.3 is 10.3 Å². The first-order valence-electron chi connectivity index (χ1n) is 6.92. The number of nitrogens with one attached hydrogen (secondary N) is 2. The van der Waals surface area contributed by atoms with Crippen molar-refractivity contribution in [1.82, 2.24) is 9.97 Å². The van der Waals surface area contributed by atoms with Crippen LogP contribution in [0.2, 0.25) is 0 Å². The van der Waals surface area contributed by atoms with Gasteiger partial charge in [0.15, 0.2) is 5.69 Å². The fourth-order valence-electron chi connectivity index (χ4n) is 2.32. The molecule has 0 aliphatic heterocycles. The van der Waals surface area contributed by atoms with Gasteiger partial charge in [-0.1, -0.05) is 29.8 Å². The summed E-state index contributed by atoms with van der Waals surface area (Å²) in [5.74, 6) is -0.515. The van der Waals surface area contributed by atoms with Gasteiger partial charge in [0.05, 0.1) is 11.0 Å². The predicted molar refractivity (Wildman–Crippen MR) is 86.2 cm³/mol. The van der Waals surface area contributed by atoms with Gasteiger partial charge in [0.1, 0.15) is 0 Å². The molecule has 0 unspecified atom stereocenters. The number of nitrogens with zero attached hydrogens (tertiary/aromatic N) is 1. The van der Waals surface area contributed by atoms with Crippen molar-refractivity contribution in [3.63, 3.8) is 0 Å². The number of carbonyl (C=O) groups excluding carboxylic acids is 1. The van der Waals surface area contributed by atoms with Crippen LogP contribution in [0.15, 0.2) is 47.3 Å². The summed E-state index contributed by atoms with van der Waals surface area (Å²) < 4.78 is 0. The van der Waals surface area contributed by atoms with E-state index < -0.39 is 11.5 Å². The molecular weight excluding hydrogens is 278 g/mol. The molecule has 110 valence electrons. The highest BCUT2D eigenvalue weighted by Crippen LogP contribution is 2.16. The third kappa shape index (κ3) is 2.61. The second kappa shape index (κ2) is 5.44. The molecule has 0 radical (unpaired) electrons. The van der Waals surface area contributed by atoms with Crippen molar-refractivity contribution in [2.45, 2.75) is 13.8 Å². The number of hydrogen-bond donors (Lipinski definition) is 2. The second-order valence-corrected chi connectivity index (χ2v) is 5.20. The van der Waals surface area contributed by atoms with Crippen LogP contribution < -0.4 is 10.9 Å². The van der Waals surface area contributed by atoms with E-state index >= 15 is 0 Å². The van der Waals surface area contributed by atoms with Crippen molar-refractivity contribution in [3.05, 3.63) is 69.6 Å². The van der Waals surface area contributed by atoms with E-state index in [1.54, 1.807) is 24.3 Å². The maximum atomic E-state index is 12.3. The zero-order valence-electron chi connectivity index (χ0n) is 12.3. The van der Waals surface area contributed by atoms with Gasteiger partial charge in [0.25, 0.3) is 11.5 Å². The van der Waals surface area contributed by atoms with Gasteiger partial charge in [-0.25, -0.2) is 4.98 Å². The predicted octanol–water partition coefficient (Wildman–Crippen LogP) is 2.79. The van der Waals surface area contributed by atoms with Gasteiger partial charge in [-0.15, -0.1) is 0 Å². The van der Waals surface area contributed by atoms with Crippen molar-refractivity contribution in [1.29, 1.82) is 0 Å². The lowest BCUT2D eigenvalue weighted by Crippen LogP contribution is -2.25. The van der Waals surface area contributed by atoms with E-state index in [4.69, 9.17) is 0 Å². The van der Waals surface area contributed by atoms with E-state index in [9.17, 15) is 9.59 Å². The number of H-pyrrole nitrogens is 1. The fraction of sp³-hybridized carbons (Fsp3) is 0.118. The molecular formula is C17H15N3O2. The molecule has 0 aliphatic rings. The van der Waals surface area contributed by atoms with Crippen LogP contribution in [-0.4, -0.2) is 15.9 Å². The molecule has 5 nitrogen and oxygen atoms in total. The summed E-state index contributed by atoms with van der Waals surface area (Å²) in [5.41, 5.74) is 3.26. The topological polar surface area (TPSA) is 74.8 Å². The average molecular weight is 293 g/mol. The van der Waals surface area contributed by atoms with Crippen molar-refractivity contribution in [3.8, 4) is 0 Å². The Bertz CT molecular complexity index is 929. The molecule has 3 aromatic rings. The Morgan fingerprint density at radius 1 is 1.14 bits per heavy atom. The van der Waals surface area contributed by atoms with Gasteiger partial charge in [-0.05, 0) is 37.6 Å². The van der Waals surface area contributed by atoms with E-state index in [2.05, 4.69) is 15.3 Å². The summed E-state index contributed by atoms with van der Waals surface area (Å²) in [6.07, 6.45) is 0. The summed E-state index contributed by atoms with van der Waals surface area (Å²) in [6.45, 7) is 3.88. The van der Waals surface area contributed by atoms with Gasteiger partial charge in [0.2, 0.25) is 0 Å². The number of anilines is 1. The molecule has 5 heteroatoms. The van der Waals surface area contributed by atoms with E-state index in [1.807, 2.05) is 32.0 Å². The second-order valence-electron chi connectivity index (χ2n) is 5.20. The number of para-hydroxylation sites is 2. The molecule has 1 aromatic heterocycles. The molecule has 0 saturated carbocycles. The van der Waals surface area contributed by atoms with Gasteiger partial charge in [-0.2, -0.15) is 0 Å². The zero-order chi connectivity index (χ0) is 15.7. The first-order chi connectivity index (χ1) is 10.5. The van der Waals surface area contributed by atoms with Crippen LogP contribution in [0.3, 0.4) is 0 Å². The molecule has 0 fully saturated rings. The monoisotopic (exact) mass is 293 g/mol. The van der Waals surface area contributed by atoms with E-state index in [1.165, 1.54) is 0 Å². The lowest BCUT2D eigenvalue weighted by atomic mass is 10.1. The molecule has 1 heterocycles. The lowest BCUT2D eigenvalue weighted by molar-refractivity contribution is 0.102. The third-order valence-corrected chi connectivity index (χ3v) is 3.44. The highest BCUT2D eigenvalue weighted by molar-refractivity contribution is 6.03. The highest BCUT2D eigenvalue weighted by atomic mass is 16.2. The van der Waals surface area contributed by atoms with Crippen LogP contribution in [0.25, 0.3) is 11.0 Å². The van der Waals surface area contributed by atoms with Crippen LogP contribution in [0, 0.1) is 13.8 Å². The van der Waals surface area contributed by atoms with Crippen LogP contribution >= 0.6 is 0 Å². The molecule has 0 spiro atoms. The van der Waals surface area contributed by atoms with Crippen LogP contribution in [0.4, 0.5) is 5.69 Å². The number of carbonyl (C=O) groups is 1. The zero-order valence-corrected chi connectivity index (χ0v) is 12.3. The Labute approximate surface area is 127 Å². The van der Waals surface area contributed by atoms with Crippen LogP contribution in [-0.2, 0) is 0 Å². The quantitative estimate of drug-likeness (QED) is 0.763. The molecule has 2 N–H and O–H groups in total. The largest absolute Gasteiger partial charge is 0.320 e. The number of aromatic amines is 1. The van der Waals surface area contributed by atoms with Crippen molar-refractivity contribution < 1.29 is 4.79 Å². The number of fused-ring (bicyclic) bond motifs is 1. The number of amides is 1. The molecule has 0 saturated heterocycles. The molecule has 3 rings (SSSR count). The summed E-state index contributed by atoms with van der Waals surface area (Å²) in [6, 6.07) is 12.8. The minimum atomic E-state index is -0.515. The van der Waals surface area contributed by atoms with E-state index in [0.717, 1.165) is 11.1 Å². The Balaban J connectivity index is 1.98. The Kier molecular flexibility index (Phi) is 3.47. The summed E-state index contributed by atoms with van der Waals surface area (Å²) >= 11 is 0. The first-order valence-corrected chi connectivity index (χ1v) is 6.92. The molecule has 0 aliphatic carbocycles. The van der Waals surface area contributed by atoms with Crippen LogP contribution in [0.5, 0.6) is 0 Å². The minimum absolute atomic E-state index is 0.140. The minimum Gasteiger partial charge on any atom is -0.320 e. The van der Waals surface area contributed by atoms with E-state index in [0.29, 0.717) is 16.7 Å². The number of aromatic nitrogens is 2. The van der Waals surface area contributed by atoms with Gasteiger partial charge >= 0.3 is 0 Å². The molecule has 0 bridgehead atoms. The maximum Gasteiger partial charge on any atom is 0.280 e. The SMILES string of the molecule is Cc1ccc(NC(=O)c2nc3ccccc3[nH]c2=O)c(C)c1. The normalized spacial score (nSPS) is 10.6. The molecule has 0 atom stereocenters. The first kappa shape index (κ1) is 14.0. The Morgan fingerprint density at radius 2 is 1.91 bits per heavy atom. The third-order valence-electron chi connectivity index (χ3n) is 3.44. The van der Waals surface area contributed by atoms with Crippen molar-refractivity contribution in [2.75, 3.05) is 5.32 Å². The smallest absolute Gasteiger partial charge is 0.280 e. The van der Waals surface area contributed by atoms with Gasteiger partial charge in [0, 0.05) is 5.69 Å². The van der Waals surface area contributed by atoms with E-state index in [-0.39, 0.29) is 5.69 Å². The summed E-state index contributed by atoms with van der Waals surface area (Å²) in [4.78, 5) is 31.2. The summed E-state index contributed by atoms with van der Waals surface area (Å²) in [7, 11) is 0. The average Bonchev–Trinajstić information content (AvgIpc) is 2.49. The maximum absolute atomic E-state index is 12.3. The number of rotatable bonds is 2. The van der Waals surface area contributed by atoms with Crippen LogP contribution in [0.1, 0.15) is 21.6 Å². The summed E-state index contributed by atoms with van der Waals surface area (Å²) in [5, 5.41) is 2.74. The molecule has 2 aromatic carbocycles. The molecule has 22 heavy (non-hydrogen) atoms. The standard InChI is InChI=1S/C17H15N3O2/c1-10-7-8-12(11(2)9-10)19-16(21)15-17(22)20-14-6-4-3-5-13(14)18-15/h3-9H,1-2H3,(H,19,21)(H,20,22). The van der Waals surface area contributed by atoms with Crippen molar-refractivity contribution >= 4 is 22.6 Å². The van der Waals surface area contributed by atoms with Gasteiger partial charge in [-0.3, -0.25) is 9.59 Å². The Morgan fingerprint density at radius 3 is 2.68 bits per heavy atom. The highest BCUT2D eigenvalue weighted by Gasteiger charge is 2.14. The fourth-order valence-corrected chi connectivity index (χ4v) is 2.32.